The number of hydrogen-bond donors (Lipinski definition) is 1. The van der Waals surface area contributed by atoms with E-state index in [9.17, 15) is 4.79 Å². The molecule has 1 aliphatic carbocycles. The highest BCUT2D eigenvalue weighted by atomic mass is 79.9. The highest BCUT2D eigenvalue weighted by Crippen LogP contribution is 2.54. The molecule has 1 N–H and O–H groups in total. The Labute approximate surface area is 102 Å². The number of anilines is 1. The van der Waals surface area contributed by atoms with Crippen molar-refractivity contribution < 1.29 is 9.90 Å². The molecule has 16 heavy (non-hydrogen) atoms. The number of carboxylic acid groups (broad SMARTS) is 1. The van der Waals surface area contributed by atoms with E-state index in [2.05, 4.69) is 20.8 Å². The summed E-state index contributed by atoms with van der Waals surface area (Å²) < 4.78 is 0.815. The third-order valence-electron chi connectivity index (χ3n) is 3.54. The van der Waals surface area contributed by atoms with E-state index in [0.717, 1.165) is 23.2 Å². The van der Waals surface area contributed by atoms with Crippen molar-refractivity contribution in [1.82, 2.24) is 0 Å². The minimum atomic E-state index is -0.854. The zero-order valence-electron chi connectivity index (χ0n) is 8.74. The van der Waals surface area contributed by atoms with Gasteiger partial charge in [0.15, 0.2) is 0 Å². The number of carboxylic acids is 1. The fraction of sp³-hybridized carbons (Fsp3) is 0.417. The lowest BCUT2D eigenvalue weighted by Crippen LogP contribution is -2.49. The molecule has 3 nitrogen and oxygen atoms in total. The van der Waals surface area contributed by atoms with E-state index in [1.807, 2.05) is 12.1 Å². The summed E-state index contributed by atoms with van der Waals surface area (Å²) in [6.45, 7) is 2.05. The highest BCUT2D eigenvalue weighted by Gasteiger charge is 2.52. The molecule has 1 aromatic rings. The average Bonchev–Trinajstić information content (AvgIpc) is 2.95. The molecular weight excluding hydrogens is 270 g/mol. The van der Waals surface area contributed by atoms with Crippen LogP contribution >= 0.6 is 15.9 Å². The summed E-state index contributed by atoms with van der Waals surface area (Å²) in [4.78, 5) is 13.3. The Bertz CT molecular complexity index is 460. The van der Waals surface area contributed by atoms with Crippen molar-refractivity contribution in [3.8, 4) is 0 Å². The predicted octanol–water partition coefficient (Wildman–Crippen LogP) is 2.75. The SMILES string of the molecule is O=C(O)c1cc(Br)ccc1N1CC2(CC2)C1. The van der Waals surface area contributed by atoms with Gasteiger partial charge in [0, 0.05) is 23.0 Å². The number of hydrogen-bond acceptors (Lipinski definition) is 2. The molecule has 0 bridgehead atoms. The van der Waals surface area contributed by atoms with Crippen molar-refractivity contribution in [2.24, 2.45) is 5.41 Å². The zero-order chi connectivity index (χ0) is 11.3. The second-order valence-corrected chi connectivity index (χ2v) is 5.74. The van der Waals surface area contributed by atoms with Crippen molar-refractivity contribution in [2.75, 3.05) is 18.0 Å². The van der Waals surface area contributed by atoms with Crippen molar-refractivity contribution in [3.63, 3.8) is 0 Å². The van der Waals surface area contributed by atoms with Crippen LogP contribution in [-0.2, 0) is 0 Å². The largest absolute Gasteiger partial charge is 0.478 e. The van der Waals surface area contributed by atoms with Gasteiger partial charge in [-0.3, -0.25) is 0 Å². The molecule has 0 amide bonds. The van der Waals surface area contributed by atoms with Gasteiger partial charge < -0.3 is 10.0 Å². The van der Waals surface area contributed by atoms with Gasteiger partial charge >= 0.3 is 5.97 Å². The molecule has 3 rings (SSSR count). The number of rotatable bonds is 2. The van der Waals surface area contributed by atoms with Crippen LogP contribution in [-0.4, -0.2) is 24.2 Å². The Kier molecular flexibility index (Phi) is 2.05. The van der Waals surface area contributed by atoms with Gasteiger partial charge in [-0.15, -0.1) is 0 Å². The van der Waals surface area contributed by atoms with Gasteiger partial charge in [0.2, 0.25) is 0 Å². The van der Waals surface area contributed by atoms with Gasteiger partial charge in [-0.05, 0) is 31.0 Å². The smallest absolute Gasteiger partial charge is 0.337 e. The van der Waals surface area contributed by atoms with Gasteiger partial charge in [0.1, 0.15) is 0 Å². The minimum absolute atomic E-state index is 0.393. The summed E-state index contributed by atoms with van der Waals surface area (Å²) in [6, 6.07) is 5.47. The van der Waals surface area contributed by atoms with Crippen LogP contribution in [0.4, 0.5) is 5.69 Å². The van der Waals surface area contributed by atoms with Gasteiger partial charge in [0.05, 0.1) is 11.3 Å². The quantitative estimate of drug-likeness (QED) is 0.906. The van der Waals surface area contributed by atoms with E-state index in [-0.39, 0.29) is 0 Å². The van der Waals surface area contributed by atoms with E-state index in [4.69, 9.17) is 5.11 Å². The molecule has 2 aliphatic rings. The van der Waals surface area contributed by atoms with Gasteiger partial charge in [-0.1, -0.05) is 15.9 Å². The molecule has 84 valence electrons. The highest BCUT2D eigenvalue weighted by molar-refractivity contribution is 9.10. The Morgan fingerprint density at radius 1 is 1.38 bits per heavy atom. The van der Waals surface area contributed by atoms with Crippen LogP contribution in [0, 0.1) is 5.41 Å². The molecule has 4 heteroatoms. The fourth-order valence-electron chi connectivity index (χ4n) is 2.38. The standard InChI is InChI=1S/C12H12BrNO2/c13-8-1-2-10(9(5-8)11(15)16)14-6-12(7-14)3-4-12/h1-2,5H,3-4,6-7H2,(H,15,16). The van der Waals surface area contributed by atoms with Crippen molar-refractivity contribution in [1.29, 1.82) is 0 Å². The van der Waals surface area contributed by atoms with Crippen molar-refractivity contribution in [2.45, 2.75) is 12.8 Å². The second kappa shape index (κ2) is 3.23. The first kappa shape index (κ1) is 10.1. The molecule has 0 atom stereocenters. The number of aromatic carboxylic acids is 1. The summed E-state index contributed by atoms with van der Waals surface area (Å²) >= 11 is 3.31. The predicted molar refractivity (Wildman–Crippen MR) is 65.0 cm³/mol. The van der Waals surface area contributed by atoms with E-state index in [0.29, 0.717) is 11.0 Å². The normalized spacial score (nSPS) is 20.7. The lowest BCUT2D eigenvalue weighted by Gasteiger charge is -2.42. The first-order chi connectivity index (χ1) is 7.60. The molecule has 1 aromatic carbocycles. The maximum atomic E-state index is 11.1. The Morgan fingerprint density at radius 2 is 2.06 bits per heavy atom. The molecular formula is C12H12BrNO2. The lowest BCUT2D eigenvalue weighted by molar-refractivity contribution is 0.0697. The summed E-state index contributed by atoms with van der Waals surface area (Å²) in [6.07, 6.45) is 2.62. The molecule has 0 aromatic heterocycles. The molecule has 1 saturated heterocycles. The molecule has 1 saturated carbocycles. The third kappa shape index (κ3) is 1.52. The van der Waals surface area contributed by atoms with Crippen LogP contribution in [0.2, 0.25) is 0 Å². The van der Waals surface area contributed by atoms with Gasteiger partial charge in [-0.25, -0.2) is 4.79 Å². The van der Waals surface area contributed by atoms with E-state index in [1.54, 1.807) is 6.07 Å². The molecule has 1 spiro atoms. The number of benzene rings is 1. The van der Waals surface area contributed by atoms with Crippen LogP contribution in [0.25, 0.3) is 0 Å². The molecule has 2 fully saturated rings. The first-order valence-electron chi connectivity index (χ1n) is 5.38. The first-order valence-corrected chi connectivity index (χ1v) is 6.17. The maximum absolute atomic E-state index is 11.1. The lowest BCUT2D eigenvalue weighted by atomic mass is 9.95. The Morgan fingerprint density at radius 3 is 2.62 bits per heavy atom. The topological polar surface area (TPSA) is 40.5 Å². The minimum Gasteiger partial charge on any atom is -0.478 e. The van der Waals surface area contributed by atoms with E-state index < -0.39 is 5.97 Å². The number of halogens is 1. The van der Waals surface area contributed by atoms with Crippen LogP contribution in [0.5, 0.6) is 0 Å². The second-order valence-electron chi connectivity index (χ2n) is 4.82. The summed E-state index contributed by atoms with van der Waals surface area (Å²) in [5.41, 5.74) is 1.79. The van der Waals surface area contributed by atoms with Crippen molar-refractivity contribution in [3.05, 3.63) is 28.2 Å². The van der Waals surface area contributed by atoms with Crippen LogP contribution in [0.15, 0.2) is 22.7 Å². The Hall–Kier alpha value is -1.03. The number of nitrogens with zero attached hydrogens (tertiary/aromatic N) is 1. The van der Waals surface area contributed by atoms with Gasteiger partial charge in [0.25, 0.3) is 0 Å². The van der Waals surface area contributed by atoms with Crippen LogP contribution < -0.4 is 4.90 Å². The summed E-state index contributed by atoms with van der Waals surface area (Å²) in [7, 11) is 0. The molecule has 1 heterocycles. The van der Waals surface area contributed by atoms with Crippen LogP contribution in [0.1, 0.15) is 23.2 Å². The average molecular weight is 282 g/mol. The van der Waals surface area contributed by atoms with Gasteiger partial charge in [-0.2, -0.15) is 0 Å². The monoisotopic (exact) mass is 281 g/mol. The van der Waals surface area contributed by atoms with E-state index in [1.165, 1.54) is 12.8 Å². The number of carbonyl (C=O) groups is 1. The zero-order valence-corrected chi connectivity index (χ0v) is 10.3. The Balaban J connectivity index is 1.91. The summed E-state index contributed by atoms with van der Waals surface area (Å²) in [5, 5.41) is 9.16. The molecule has 0 unspecified atom stereocenters. The maximum Gasteiger partial charge on any atom is 0.337 e. The molecule has 0 radical (unpaired) electrons. The van der Waals surface area contributed by atoms with E-state index >= 15 is 0 Å². The summed E-state index contributed by atoms with van der Waals surface area (Å²) in [5.74, 6) is -0.854. The van der Waals surface area contributed by atoms with Crippen molar-refractivity contribution >= 4 is 27.6 Å². The molecule has 1 aliphatic heterocycles. The third-order valence-corrected chi connectivity index (χ3v) is 4.03. The van der Waals surface area contributed by atoms with Crippen LogP contribution in [0.3, 0.4) is 0 Å². The fourth-order valence-corrected chi connectivity index (χ4v) is 2.74.